The summed E-state index contributed by atoms with van der Waals surface area (Å²) in [6, 6.07) is 6.40. The number of nitriles is 1. The molecule has 2 aromatic rings. The summed E-state index contributed by atoms with van der Waals surface area (Å²) in [5.74, 6) is 0.0624. The minimum Gasteiger partial charge on any atom is -0.382 e. The van der Waals surface area contributed by atoms with E-state index in [9.17, 15) is 9.65 Å². The van der Waals surface area contributed by atoms with Crippen LogP contribution in [0.25, 0.3) is 5.69 Å². The van der Waals surface area contributed by atoms with Gasteiger partial charge in [-0.1, -0.05) is 17.7 Å². The molecule has 7 heteroatoms. The Kier molecular flexibility index (Phi) is 3.43. The van der Waals surface area contributed by atoms with Gasteiger partial charge in [-0.2, -0.15) is 5.26 Å². The van der Waals surface area contributed by atoms with Crippen LogP contribution in [-0.2, 0) is 0 Å². The van der Waals surface area contributed by atoms with E-state index in [2.05, 4.69) is 11.2 Å². The van der Waals surface area contributed by atoms with Gasteiger partial charge in [0.05, 0.1) is 5.02 Å². The highest BCUT2D eigenvalue weighted by atomic mass is 35.5. The first-order valence-electron chi connectivity index (χ1n) is 6.61. The molecule has 1 aromatic carbocycles. The molecule has 1 aliphatic rings. The van der Waals surface area contributed by atoms with Gasteiger partial charge in [-0.3, -0.25) is 0 Å². The van der Waals surface area contributed by atoms with Gasteiger partial charge in [0.2, 0.25) is 0 Å². The number of benzene rings is 1. The molecule has 5 nitrogen and oxygen atoms in total. The predicted octanol–water partition coefficient (Wildman–Crippen LogP) is 2.72. The summed E-state index contributed by atoms with van der Waals surface area (Å²) in [6.45, 7) is 1.63. The van der Waals surface area contributed by atoms with E-state index in [4.69, 9.17) is 17.3 Å². The highest BCUT2D eigenvalue weighted by Crippen LogP contribution is 2.32. The molecule has 0 aliphatic carbocycles. The van der Waals surface area contributed by atoms with Crippen molar-refractivity contribution in [2.45, 2.75) is 12.8 Å². The molecule has 0 amide bonds. The molecule has 3 rings (SSSR count). The molecule has 2 N–H and O–H groups in total. The lowest BCUT2D eigenvalue weighted by atomic mass is 10.3. The largest absolute Gasteiger partial charge is 0.382 e. The smallest absolute Gasteiger partial charge is 0.171 e. The van der Waals surface area contributed by atoms with E-state index in [-0.39, 0.29) is 22.1 Å². The maximum atomic E-state index is 14.0. The quantitative estimate of drug-likeness (QED) is 0.926. The number of nitrogens with two attached hydrogens (primary N) is 1. The molecule has 1 fully saturated rings. The molecule has 0 spiro atoms. The van der Waals surface area contributed by atoms with Crippen LogP contribution >= 0.6 is 11.6 Å². The zero-order valence-corrected chi connectivity index (χ0v) is 11.9. The zero-order chi connectivity index (χ0) is 15.0. The normalized spacial score (nSPS) is 14.4. The van der Waals surface area contributed by atoms with Crippen molar-refractivity contribution in [1.29, 1.82) is 5.26 Å². The number of hydrogen-bond donors (Lipinski definition) is 1. The highest BCUT2D eigenvalue weighted by molar-refractivity contribution is 6.32. The lowest BCUT2D eigenvalue weighted by Crippen LogP contribution is -2.19. The molecule has 1 aliphatic heterocycles. The summed E-state index contributed by atoms with van der Waals surface area (Å²) in [5, 5.41) is 13.8. The van der Waals surface area contributed by atoms with Crippen LogP contribution in [-0.4, -0.2) is 22.9 Å². The lowest BCUT2D eigenvalue weighted by Gasteiger charge is -2.13. The number of anilines is 2. The Morgan fingerprint density at radius 3 is 2.67 bits per heavy atom. The first-order valence-corrected chi connectivity index (χ1v) is 6.99. The average molecular weight is 306 g/mol. The summed E-state index contributed by atoms with van der Waals surface area (Å²) < 4.78 is 15.3. The summed E-state index contributed by atoms with van der Waals surface area (Å²) in [5.41, 5.74) is 6.31. The minimum absolute atomic E-state index is 0.0682. The highest BCUT2D eigenvalue weighted by Gasteiger charge is 2.25. The second-order valence-electron chi connectivity index (χ2n) is 4.87. The van der Waals surface area contributed by atoms with Gasteiger partial charge in [0, 0.05) is 13.1 Å². The standard InChI is InChI=1S/C14H13ClFN5/c15-10-4-3-5-11(16)12(10)21-13(18)9(8-17)14(19-21)20-6-1-2-7-20/h3-5H,1-2,6-7,18H2. The molecule has 0 bridgehead atoms. The summed E-state index contributed by atoms with van der Waals surface area (Å²) in [6.07, 6.45) is 2.08. The van der Waals surface area contributed by atoms with Crippen LogP contribution in [0.3, 0.4) is 0 Å². The molecule has 108 valence electrons. The second-order valence-corrected chi connectivity index (χ2v) is 5.28. The van der Waals surface area contributed by atoms with Crippen molar-refractivity contribution >= 4 is 23.2 Å². The van der Waals surface area contributed by atoms with E-state index in [1.165, 1.54) is 16.8 Å². The van der Waals surface area contributed by atoms with Crippen LogP contribution in [0.5, 0.6) is 0 Å². The van der Waals surface area contributed by atoms with Crippen molar-refractivity contribution in [2.75, 3.05) is 23.7 Å². The fourth-order valence-electron chi connectivity index (χ4n) is 2.54. The molecule has 0 unspecified atom stereocenters. The number of aromatic nitrogens is 2. The number of halogens is 2. The van der Waals surface area contributed by atoms with E-state index in [0.717, 1.165) is 25.9 Å². The van der Waals surface area contributed by atoms with Crippen LogP contribution in [0, 0.1) is 17.1 Å². The predicted molar refractivity (Wildman–Crippen MR) is 79.1 cm³/mol. The molecule has 2 heterocycles. The average Bonchev–Trinajstić information content (AvgIpc) is 3.07. The molecular formula is C14H13ClFN5. The number of hydrogen-bond acceptors (Lipinski definition) is 4. The monoisotopic (exact) mass is 305 g/mol. The van der Waals surface area contributed by atoms with Crippen LogP contribution in [0.2, 0.25) is 5.02 Å². The SMILES string of the molecule is N#Cc1c(N2CCCC2)nn(-c2c(F)cccc2Cl)c1N. The van der Waals surface area contributed by atoms with Crippen LogP contribution in [0.4, 0.5) is 16.0 Å². The van der Waals surface area contributed by atoms with Gasteiger partial charge in [0.25, 0.3) is 0 Å². The minimum atomic E-state index is -0.533. The van der Waals surface area contributed by atoms with E-state index < -0.39 is 5.82 Å². The Bertz CT molecular complexity index is 707. The van der Waals surface area contributed by atoms with Crippen LogP contribution in [0.15, 0.2) is 18.2 Å². The maximum Gasteiger partial charge on any atom is 0.171 e. The molecule has 21 heavy (non-hydrogen) atoms. The van der Waals surface area contributed by atoms with Gasteiger partial charge in [-0.05, 0) is 25.0 Å². The number of para-hydroxylation sites is 1. The Morgan fingerprint density at radius 1 is 1.33 bits per heavy atom. The van der Waals surface area contributed by atoms with E-state index in [1.807, 2.05) is 4.90 Å². The van der Waals surface area contributed by atoms with E-state index >= 15 is 0 Å². The van der Waals surface area contributed by atoms with Gasteiger partial charge in [0.15, 0.2) is 5.82 Å². The molecule has 0 radical (unpaired) electrons. The third kappa shape index (κ3) is 2.20. The Balaban J connectivity index is 2.18. The summed E-state index contributed by atoms with van der Waals surface area (Å²) in [7, 11) is 0. The Labute approximate surface area is 126 Å². The van der Waals surface area contributed by atoms with E-state index in [1.54, 1.807) is 6.07 Å². The number of rotatable bonds is 2. The van der Waals surface area contributed by atoms with Crippen molar-refractivity contribution in [3.05, 3.63) is 34.6 Å². The summed E-state index contributed by atoms with van der Waals surface area (Å²) in [4.78, 5) is 1.99. The lowest BCUT2D eigenvalue weighted by molar-refractivity contribution is 0.612. The third-order valence-corrected chi connectivity index (χ3v) is 3.87. The molecular weight excluding hydrogens is 293 g/mol. The van der Waals surface area contributed by atoms with Gasteiger partial charge >= 0.3 is 0 Å². The van der Waals surface area contributed by atoms with Gasteiger partial charge in [0.1, 0.15) is 29.0 Å². The van der Waals surface area contributed by atoms with Crippen molar-refractivity contribution in [3.63, 3.8) is 0 Å². The van der Waals surface area contributed by atoms with Gasteiger partial charge in [-0.25, -0.2) is 9.07 Å². The van der Waals surface area contributed by atoms with Gasteiger partial charge < -0.3 is 10.6 Å². The van der Waals surface area contributed by atoms with Crippen LogP contribution < -0.4 is 10.6 Å². The first kappa shape index (κ1) is 13.7. The fraction of sp³-hybridized carbons (Fsp3) is 0.286. The molecule has 0 saturated carbocycles. The third-order valence-electron chi connectivity index (χ3n) is 3.57. The first-order chi connectivity index (χ1) is 10.1. The zero-order valence-electron chi connectivity index (χ0n) is 11.2. The van der Waals surface area contributed by atoms with Crippen molar-refractivity contribution in [3.8, 4) is 11.8 Å². The Hall–Kier alpha value is -2.26. The Morgan fingerprint density at radius 2 is 2.05 bits per heavy atom. The van der Waals surface area contributed by atoms with Crippen molar-refractivity contribution < 1.29 is 4.39 Å². The molecule has 1 aromatic heterocycles. The topological polar surface area (TPSA) is 70.9 Å². The van der Waals surface area contributed by atoms with Crippen molar-refractivity contribution in [2.24, 2.45) is 0 Å². The molecule has 0 atom stereocenters. The number of nitrogens with zero attached hydrogens (tertiary/aromatic N) is 4. The molecule has 1 saturated heterocycles. The maximum absolute atomic E-state index is 14.0. The summed E-state index contributed by atoms with van der Waals surface area (Å²) >= 11 is 6.05. The van der Waals surface area contributed by atoms with Crippen molar-refractivity contribution in [1.82, 2.24) is 9.78 Å². The van der Waals surface area contributed by atoms with Gasteiger partial charge in [-0.15, -0.1) is 5.10 Å². The fourth-order valence-corrected chi connectivity index (χ4v) is 2.78. The second kappa shape index (κ2) is 5.26. The number of nitrogen functional groups attached to an aromatic ring is 1. The van der Waals surface area contributed by atoms with E-state index in [0.29, 0.717) is 5.82 Å². The van der Waals surface area contributed by atoms with Crippen LogP contribution in [0.1, 0.15) is 18.4 Å².